The molecule has 0 spiro atoms. The standard InChI is InChI=1S/C32H28N2O4/c1-20-9-10-21(2)26(17-20)34-29(24-13-15-33-16-14-24)28(31(36)32(34)37)30(35)25-11-12-27(22(3)18-25)38-19-23-7-5-4-6-8-23/h4-18,29,35H,19H2,1-3H3/b30-28-. The summed E-state index contributed by atoms with van der Waals surface area (Å²) in [6.07, 6.45) is 3.23. The molecule has 1 atom stereocenters. The van der Waals surface area contributed by atoms with Crippen LogP contribution in [0.2, 0.25) is 0 Å². The summed E-state index contributed by atoms with van der Waals surface area (Å²) < 4.78 is 5.98. The molecule has 4 aromatic rings. The molecule has 3 aromatic carbocycles. The second-order valence-corrected chi connectivity index (χ2v) is 9.49. The molecule has 1 aliphatic rings. The molecular formula is C32H28N2O4. The molecule has 5 rings (SSSR count). The highest BCUT2D eigenvalue weighted by Crippen LogP contribution is 2.43. The van der Waals surface area contributed by atoms with Crippen LogP contribution < -0.4 is 9.64 Å². The monoisotopic (exact) mass is 504 g/mol. The number of rotatable bonds is 6. The lowest BCUT2D eigenvalue weighted by Crippen LogP contribution is -2.30. The van der Waals surface area contributed by atoms with E-state index in [1.165, 1.54) is 4.90 Å². The lowest BCUT2D eigenvalue weighted by Gasteiger charge is -2.27. The molecule has 0 radical (unpaired) electrons. The number of carbonyl (C=O) groups excluding carboxylic acids is 2. The van der Waals surface area contributed by atoms with E-state index in [-0.39, 0.29) is 11.3 Å². The van der Waals surface area contributed by atoms with Crippen molar-refractivity contribution < 1.29 is 19.4 Å². The first-order valence-electron chi connectivity index (χ1n) is 12.4. The fraction of sp³-hybridized carbons (Fsp3) is 0.156. The summed E-state index contributed by atoms with van der Waals surface area (Å²) in [6, 6.07) is 23.6. The Morgan fingerprint density at radius 2 is 1.63 bits per heavy atom. The summed E-state index contributed by atoms with van der Waals surface area (Å²) in [4.78, 5) is 32.5. The van der Waals surface area contributed by atoms with Gasteiger partial charge in [-0.3, -0.25) is 19.5 Å². The third-order valence-electron chi connectivity index (χ3n) is 6.78. The van der Waals surface area contributed by atoms with Crippen LogP contribution in [0.4, 0.5) is 5.69 Å². The van der Waals surface area contributed by atoms with Crippen molar-refractivity contribution in [3.63, 3.8) is 0 Å². The number of aliphatic hydroxyl groups is 1. The van der Waals surface area contributed by atoms with E-state index in [0.717, 1.165) is 22.3 Å². The van der Waals surface area contributed by atoms with Crippen LogP contribution >= 0.6 is 0 Å². The Morgan fingerprint density at radius 3 is 2.34 bits per heavy atom. The summed E-state index contributed by atoms with van der Waals surface area (Å²) in [5, 5.41) is 11.5. The van der Waals surface area contributed by atoms with Crippen molar-refractivity contribution in [2.24, 2.45) is 0 Å². The predicted molar refractivity (Wildman–Crippen MR) is 147 cm³/mol. The smallest absolute Gasteiger partial charge is 0.300 e. The van der Waals surface area contributed by atoms with Gasteiger partial charge in [0.25, 0.3) is 11.7 Å². The summed E-state index contributed by atoms with van der Waals surface area (Å²) >= 11 is 0. The highest BCUT2D eigenvalue weighted by Gasteiger charge is 2.47. The van der Waals surface area contributed by atoms with Crippen LogP contribution in [-0.2, 0) is 16.2 Å². The average molecular weight is 505 g/mol. The van der Waals surface area contributed by atoms with Crippen LogP contribution in [0.25, 0.3) is 5.76 Å². The van der Waals surface area contributed by atoms with Gasteiger partial charge >= 0.3 is 0 Å². The molecular weight excluding hydrogens is 476 g/mol. The van der Waals surface area contributed by atoms with Crippen LogP contribution in [0.3, 0.4) is 0 Å². The molecule has 190 valence electrons. The van der Waals surface area contributed by atoms with E-state index < -0.39 is 17.7 Å². The van der Waals surface area contributed by atoms with Gasteiger partial charge in [-0.25, -0.2) is 0 Å². The molecule has 1 unspecified atom stereocenters. The summed E-state index contributed by atoms with van der Waals surface area (Å²) in [5.74, 6) is -0.962. The zero-order valence-corrected chi connectivity index (χ0v) is 21.5. The minimum Gasteiger partial charge on any atom is -0.507 e. The van der Waals surface area contributed by atoms with Crippen LogP contribution in [0, 0.1) is 20.8 Å². The predicted octanol–water partition coefficient (Wildman–Crippen LogP) is 6.21. The Bertz CT molecular complexity index is 1540. The number of ketones is 1. The number of nitrogens with zero attached hydrogens (tertiary/aromatic N) is 2. The zero-order chi connectivity index (χ0) is 26.8. The molecule has 0 aliphatic carbocycles. The van der Waals surface area contributed by atoms with Gasteiger partial charge in [0.05, 0.1) is 11.6 Å². The lowest BCUT2D eigenvalue weighted by atomic mass is 9.95. The molecule has 0 saturated carbocycles. The van der Waals surface area contributed by atoms with Gasteiger partial charge in [0.2, 0.25) is 0 Å². The van der Waals surface area contributed by atoms with Crippen molar-refractivity contribution in [1.29, 1.82) is 0 Å². The van der Waals surface area contributed by atoms with Gasteiger partial charge in [-0.15, -0.1) is 0 Å². The molecule has 1 saturated heterocycles. The topological polar surface area (TPSA) is 79.7 Å². The number of amides is 1. The van der Waals surface area contributed by atoms with Gasteiger partial charge < -0.3 is 9.84 Å². The maximum Gasteiger partial charge on any atom is 0.300 e. The second kappa shape index (κ2) is 10.3. The Morgan fingerprint density at radius 1 is 0.895 bits per heavy atom. The molecule has 6 heteroatoms. The minimum absolute atomic E-state index is 0.0412. The zero-order valence-electron chi connectivity index (χ0n) is 21.5. The van der Waals surface area contributed by atoms with Crippen LogP contribution in [0.5, 0.6) is 5.75 Å². The van der Waals surface area contributed by atoms with E-state index in [2.05, 4.69) is 4.98 Å². The molecule has 0 bridgehead atoms. The van der Waals surface area contributed by atoms with Crippen molar-refractivity contribution in [1.82, 2.24) is 4.98 Å². The molecule has 1 aromatic heterocycles. The van der Waals surface area contributed by atoms with Gasteiger partial charge in [0.1, 0.15) is 18.1 Å². The summed E-state index contributed by atoms with van der Waals surface area (Å²) in [6.45, 7) is 6.13. The van der Waals surface area contributed by atoms with E-state index in [1.54, 1.807) is 42.7 Å². The number of aromatic nitrogens is 1. The molecule has 1 amide bonds. The Balaban J connectivity index is 1.57. The first-order valence-corrected chi connectivity index (χ1v) is 12.4. The van der Waals surface area contributed by atoms with Gasteiger partial charge in [-0.1, -0.05) is 42.5 Å². The number of hydrogen-bond acceptors (Lipinski definition) is 5. The molecule has 6 nitrogen and oxygen atoms in total. The van der Waals surface area contributed by atoms with Crippen molar-refractivity contribution in [2.45, 2.75) is 33.4 Å². The van der Waals surface area contributed by atoms with E-state index in [1.807, 2.05) is 69.3 Å². The fourth-order valence-electron chi connectivity index (χ4n) is 4.77. The quantitative estimate of drug-likeness (QED) is 0.192. The molecule has 1 fully saturated rings. The molecule has 1 N–H and O–H groups in total. The number of aliphatic hydroxyl groups excluding tert-OH is 1. The van der Waals surface area contributed by atoms with Crippen LogP contribution in [-0.4, -0.2) is 21.8 Å². The maximum atomic E-state index is 13.4. The lowest BCUT2D eigenvalue weighted by molar-refractivity contribution is -0.132. The Labute approximate surface area is 221 Å². The highest BCUT2D eigenvalue weighted by atomic mass is 16.5. The van der Waals surface area contributed by atoms with Gasteiger partial charge in [0.15, 0.2) is 0 Å². The van der Waals surface area contributed by atoms with E-state index >= 15 is 0 Å². The summed E-state index contributed by atoms with van der Waals surface area (Å²) in [7, 11) is 0. The van der Waals surface area contributed by atoms with E-state index in [9.17, 15) is 14.7 Å². The van der Waals surface area contributed by atoms with Crippen LogP contribution in [0.1, 0.15) is 39.4 Å². The number of pyridine rings is 1. The Kier molecular flexibility index (Phi) is 6.79. The normalized spacial score (nSPS) is 16.6. The van der Waals surface area contributed by atoms with Crippen molar-refractivity contribution in [3.05, 3.63) is 130 Å². The minimum atomic E-state index is -0.798. The maximum absolute atomic E-state index is 13.4. The third-order valence-corrected chi connectivity index (χ3v) is 6.78. The Hall–Kier alpha value is -4.71. The highest BCUT2D eigenvalue weighted by molar-refractivity contribution is 6.51. The first-order chi connectivity index (χ1) is 18.3. The number of anilines is 1. The first kappa shape index (κ1) is 25.0. The SMILES string of the molecule is Cc1ccc(C)c(N2C(=O)C(=O)/C(=C(\O)c3ccc(OCc4ccccc4)c(C)c3)C2c2ccncc2)c1. The number of Topliss-reactive ketones (excluding diaryl/α,β-unsaturated/α-hetero) is 1. The van der Waals surface area contributed by atoms with Gasteiger partial charge in [-0.05, 0) is 85.0 Å². The third kappa shape index (κ3) is 4.68. The van der Waals surface area contributed by atoms with Crippen molar-refractivity contribution in [3.8, 4) is 5.75 Å². The molecule has 38 heavy (non-hydrogen) atoms. The number of ether oxygens (including phenoxy) is 1. The fourth-order valence-corrected chi connectivity index (χ4v) is 4.77. The largest absolute Gasteiger partial charge is 0.507 e. The van der Waals surface area contributed by atoms with Gasteiger partial charge in [0, 0.05) is 23.6 Å². The number of aryl methyl sites for hydroxylation is 3. The van der Waals surface area contributed by atoms with E-state index in [4.69, 9.17) is 4.74 Å². The molecule has 1 aliphatic heterocycles. The number of carbonyl (C=O) groups is 2. The second-order valence-electron chi connectivity index (χ2n) is 9.49. The number of hydrogen-bond donors (Lipinski definition) is 1. The average Bonchev–Trinajstić information content (AvgIpc) is 3.20. The van der Waals surface area contributed by atoms with Crippen molar-refractivity contribution >= 4 is 23.1 Å². The van der Waals surface area contributed by atoms with Crippen LogP contribution in [0.15, 0.2) is 96.8 Å². The number of benzene rings is 3. The van der Waals surface area contributed by atoms with E-state index in [0.29, 0.717) is 29.2 Å². The summed E-state index contributed by atoms with van der Waals surface area (Å²) in [5.41, 5.74) is 5.45. The molecule has 2 heterocycles. The van der Waals surface area contributed by atoms with Crippen molar-refractivity contribution in [2.75, 3.05) is 4.90 Å². The van der Waals surface area contributed by atoms with Gasteiger partial charge in [-0.2, -0.15) is 0 Å².